The molecule has 0 saturated heterocycles. The molecule has 1 rings (SSSR count). The largest absolute Gasteiger partial charge is 0.324 e. The Kier molecular flexibility index (Phi) is 3.57. The Bertz CT molecular complexity index is 281. The quantitative estimate of drug-likeness (QED) is 0.682. The van der Waals surface area contributed by atoms with Crippen LogP contribution in [0.2, 0.25) is 0 Å². The van der Waals surface area contributed by atoms with Gasteiger partial charge in [0.15, 0.2) is 5.78 Å². The highest BCUT2D eigenvalue weighted by Crippen LogP contribution is 1.97. The fourth-order valence-electron chi connectivity index (χ4n) is 1.07. The van der Waals surface area contributed by atoms with Gasteiger partial charge in [0.2, 0.25) is 0 Å². The van der Waals surface area contributed by atoms with Crippen LogP contribution in [0.25, 0.3) is 0 Å². The SMILES string of the molecule is CCCn1ncnc1CC(=O)CN. The first kappa shape index (κ1) is 9.85. The zero-order valence-electron chi connectivity index (χ0n) is 7.73. The van der Waals surface area contributed by atoms with Crippen molar-refractivity contribution in [1.29, 1.82) is 0 Å². The molecule has 72 valence electrons. The highest BCUT2D eigenvalue weighted by atomic mass is 16.1. The number of carbonyl (C=O) groups is 1. The summed E-state index contributed by atoms with van der Waals surface area (Å²) in [7, 11) is 0. The molecule has 0 aromatic carbocycles. The molecule has 13 heavy (non-hydrogen) atoms. The van der Waals surface area contributed by atoms with Gasteiger partial charge < -0.3 is 5.73 Å². The van der Waals surface area contributed by atoms with E-state index in [2.05, 4.69) is 17.0 Å². The van der Waals surface area contributed by atoms with Gasteiger partial charge in [-0.2, -0.15) is 5.10 Å². The maximum absolute atomic E-state index is 11.0. The Morgan fingerprint density at radius 2 is 2.46 bits per heavy atom. The molecule has 5 nitrogen and oxygen atoms in total. The van der Waals surface area contributed by atoms with Crippen LogP contribution in [0.1, 0.15) is 19.2 Å². The van der Waals surface area contributed by atoms with Crippen LogP contribution in [-0.2, 0) is 17.8 Å². The molecule has 1 aromatic heterocycles. The summed E-state index contributed by atoms with van der Waals surface area (Å²) in [6, 6.07) is 0. The number of ketones is 1. The van der Waals surface area contributed by atoms with E-state index in [9.17, 15) is 4.79 Å². The van der Waals surface area contributed by atoms with Crippen LogP contribution >= 0.6 is 0 Å². The van der Waals surface area contributed by atoms with Crippen molar-refractivity contribution in [3.8, 4) is 0 Å². The number of rotatable bonds is 5. The van der Waals surface area contributed by atoms with E-state index >= 15 is 0 Å². The van der Waals surface area contributed by atoms with Gasteiger partial charge in [-0.05, 0) is 6.42 Å². The van der Waals surface area contributed by atoms with Crippen molar-refractivity contribution < 1.29 is 4.79 Å². The minimum absolute atomic E-state index is 0.00893. The Morgan fingerprint density at radius 1 is 1.69 bits per heavy atom. The van der Waals surface area contributed by atoms with Crippen LogP contribution in [0.15, 0.2) is 6.33 Å². The summed E-state index contributed by atoms with van der Waals surface area (Å²) in [6.07, 6.45) is 2.73. The molecular weight excluding hydrogens is 168 g/mol. The molecule has 0 aliphatic rings. The van der Waals surface area contributed by atoms with Gasteiger partial charge in [-0.15, -0.1) is 0 Å². The zero-order valence-corrected chi connectivity index (χ0v) is 7.73. The highest BCUT2D eigenvalue weighted by molar-refractivity contribution is 5.81. The summed E-state index contributed by atoms with van der Waals surface area (Å²) in [6.45, 7) is 2.92. The summed E-state index contributed by atoms with van der Waals surface area (Å²) < 4.78 is 1.74. The fourth-order valence-corrected chi connectivity index (χ4v) is 1.07. The molecule has 0 amide bonds. The number of nitrogens with zero attached hydrogens (tertiary/aromatic N) is 3. The smallest absolute Gasteiger partial charge is 0.153 e. The maximum Gasteiger partial charge on any atom is 0.153 e. The van der Waals surface area contributed by atoms with Gasteiger partial charge in [0.25, 0.3) is 0 Å². The normalized spacial score (nSPS) is 10.3. The Balaban J connectivity index is 2.64. The summed E-state index contributed by atoms with van der Waals surface area (Å²) in [5.41, 5.74) is 5.21. The third-order valence-electron chi connectivity index (χ3n) is 1.71. The Hall–Kier alpha value is -1.23. The van der Waals surface area contributed by atoms with Gasteiger partial charge in [-0.25, -0.2) is 9.67 Å². The molecule has 0 aliphatic heterocycles. The Labute approximate surface area is 76.9 Å². The third-order valence-corrected chi connectivity index (χ3v) is 1.71. The number of nitrogens with two attached hydrogens (primary N) is 1. The summed E-state index contributed by atoms with van der Waals surface area (Å²) in [5, 5.41) is 4.01. The van der Waals surface area contributed by atoms with E-state index in [0.29, 0.717) is 5.82 Å². The van der Waals surface area contributed by atoms with Crippen molar-refractivity contribution in [1.82, 2.24) is 14.8 Å². The molecular formula is C8H14N4O. The minimum Gasteiger partial charge on any atom is -0.324 e. The van der Waals surface area contributed by atoms with E-state index in [-0.39, 0.29) is 18.7 Å². The molecule has 0 fully saturated rings. The number of hydrogen-bond acceptors (Lipinski definition) is 4. The monoisotopic (exact) mass is 182 g/mol. The van der Waals surface area contributed by atoms with Gasteiger partial charge >= 0.3 is 0 Å². The summed E-state index contributed by atoms with van der Waals surface area (Å²) in [4.78, 5) is 15.0. The molecule has 2 N–H and O–H groups in total. The third kappa shape index (κ3) is 2.62. The maximum atomic E-state index is 11.0. The lowest BCUT2D eigenvalue weighted by Gasteiger charge is -2.02. The number of hydrogen-bond donors (Lipinski definition) is 1. The lowest BCUT2D eigenvalue weighted by atomic mass is 10.3. The van der Waals surface area contributed by atoms with Crippen molar-refractivity contribution in [2.24, 2.45) is 5.73 Å². The first-order valence-electron chi connectivity index (χ1n) is 4.36. The lowest BCUT2D eigenvalue weighted by Crippen LogP contribution is -2.18. The second kappa shape index (κ2) is 4.71. The first-order valence-corrected chi connectivity index (χ1v) is 4.36. The molecule has 0 saturated carbocycles. The van der Waals surface area contributed by atoms with Crippen molar-refractivity contribution in [2.45, 2.75) is 26.3 Å². The fraction of sp³-hybridized carbons (Fsp3) is 0.625. The number of aromatic nitrogens is 3. The molecule has 0 bridgehead atoms. The predicted molar refractivity (Wildman–Crippen MR) is 48.1 cm³/mol. The van der Waals surface area contributed by atoms with E-state index < -0.39 is 0 Å². The van der Waals surface area contributed by atoms with Crippen LogP contribution in [-0.4, -0.2) is 27.1 Å². The van der Waals surface area contributed by atoms with Crippen LogP contribution < -0.4 is 5.73 Å². The molecule has 0 unspecified atom stereocenters. The molecule has 5 heteroatoms. The molecule has 0 atom stereocenters. The summed E-state index contributed by atoms with van der Waals surface area (Å²) in [5.74, 6) is 0.697. The van der Waals surface area contributed by atoms with Crippen molar-refractivity contribution in [3.63, 3.8) is 0 Å². The first-order chi connectivity index (χ1) is 6.27. The van der Waals surface area contributed by atoms with E-state index in [4.69, 9.17) is 5.73 Å². The topological polar surface area (TPSA) is 73.8 Å². The minimum atomic E-state index is -0.00893. The molecule has 0 aliphatic carbocycles. The molecule has 1 aromatic rings. The van der Waals surface area contributed by atoms with Crippen molar-refractivity contribution >= 4 is 5.78 Å². The van der Waals surface area contributed by atoms with Crippen LogP contribution in [0.3, 0.4) is 0 Å². The zero-order chi connectivity index (χ0) is 9.68. The average Bonchev–Trinajstić information content (AvgIpc) is 2.54. The van der Waals surface area contributed by atoms with Crippen molar-refractivity contribution in [3.05, 3.63) is 12.2 Å². The molecule has 0 radical (unpaired) electrons. The standard InChI is InChI=1S/C8H14N4O/c1-2-3-12-8(10-6-11-12)4-7(13)5-9/h6H,2-5,9H2,1H3. The molecule has 1 heterocycles. The van der Waals surface area contributed by atoms with Crippen LogP contribution in [0.5, 0.6) is 0 Å². The lowest BCUT2D eigenvalue weighted by molar-refractivity contribution is -0.117. The second-order valence-corrected chi connectivity index (χ2v) is 2.82. The van der Waals surface area contributed by atoms with E-state index in [1.54, 1.807) is 4.68 Å². The van der Waals surface area contributed by atoms with Gasteiger partial charge in [0.05, 0.1) is 13.0 Å². The van der Waals surface area contributed by atoms with E-state index in [1.807, 2.05) is 0 Å². The number of carbonyl (C=O) groups excluding carboxylic acids is 1. The van der Waals surface area contributed by atoms with Crippen LogP contribution in [0.4, 0.5) is 0 Å². The van der Waals surface area contributed by atoms with Gasteiger partial charge in [-0.3, -0.25) is 4.79 Å². The van der Waals surface area contributed by atoms with E-state index in [0.717, 1.165) is 13.0 Å². The average molecular weight is 182 g/mol. The van der Waals surface area contributed by atoms with E-state index in [1.165, 1.54) is 6.33 Å². The van der Waals surface area contributed by atoms with Crippen molar-refractivity contribution in [2.75, 3.05) is 6.54 Å². The van der Waals surface area contributed by atoms with Gasteiger partial charge in [0, 0.05) is 6.54 Å². The number of aryl methyl sites for hydroxylation is 1. The highest BCUT2D eigenvalue weighted by Gasteiger charge is 2.07. The predicted octanol–water partition coefficient (Wildman–Crippen LogP) is -0.242. The van der Waals surface area contributed by atoms with Gasteiger partial charge in [-0.1, -0.05) is 6.92 Å². The summed E-state index contributed by atoms with van der Waals surface area (Å²) >= 11 is 0. The van der Waals surface area contributed by atoms with Gasteiger partial charge in [0.1, 0.15) is 12.2 Å². The number of Topliss-reactive ketones (excluding diaryl/α,β-unsaturated/α-hetero) is 1. The Morgan fingerprint density at radius 3 is 3.08 bits per heavy atom. The molecule has 0 spiro atoms. The van der Waals surface area contributed by atoms with Crippen LogP contribution in [0, 0.1) is 0 Å². The second-order valence-electron chi connectivity index (χ2n) is 2.82.